The third-order valence-corrected chi connectivity index (χ3v) is 17.8. The molecule has 0 aliphatic carbocycles. The van der Waals surface area contributed by atoms with Crippen LogP contribution in [0.1, 0.15) is 94.2 Å². The van der Waals surface area contributed by atoms with Crippen LogP contribution in [0.3, 0.4) is 0 Å². The van der Waals surface area contributed by atoms with Gasteiger partial charge in [-0.1, -0.05) is 178 Å². The number of rotatable bonds is 7. The highest BCUT2D eigenvalue weighted by Gasteiger charge is 2.37. The summed E-state index contributed by atoms with van der Waals surface area (Å²) in [6, 6.07) is 30.2. The van der Waals surface area contributed by atoms with Crippen molar-refractivity contribution >= 4 is 39.7 Å². The van der Waals surface area contributed by atoms with E-state index in [0.717, 1.165) is 0 Å². The minimum atomic E-state index is -0.671. The molecule has 0 N–H and O–H groups in total. The molecule has 0 nitrogen and oxygen atoms in total. The zero-order valence-corrected chi connectivity index (χ0v) is 29.4. The van der Waals surface area contributed by atoms with Crippen LogP contribution in [-0.2, 0) is 12.3 Å². The summed E-state index contributed by atoms with van der Waals surface area (Å²) in [6.45, 7) is 29.4. The second kappa shape index (κ2) is 12.4. The Morgan fingerprint density at radius 1 is 0.410 bits per heavy atom. The average molecular weight is 579 g/mol. The van der Waals surface area contributed by atoms with Gasteiger partial charge in [0.2, 0.25) is 0 Å². The van der Waals surface area contributed by atoms with Gasteiger partial charge in [0.15, 0.2) is 0 Å². The first kappa shape index (κ1) is 32.5. The van der Waals surface area contributed by atoms with Crippen molar-refractivity contribution in [3.63, 3.8) is 0 Å². The molecule has 0 fully saturated rings. The van der Waals surface area contributed by atoms with Crippen LogP contribution in [0.5, 0.6) is 0 Å². The highest BCUT2D eigenvalue weighted by atomic mass is 31.1. The van der Waals surface area contributed by atoms with Crippen LogP contribution in [-0.4, -0.2) is 20.6 Å². The van der Waals surface area contributed by atoms with Gasteiger partial charge in [0.25, 0.3) is 0 Å². The molecule has 0 saturated heterocycles. The first-order valence-electron chi connectivity index (χ1n) is 14.5. The molecule has 0 bridgehead atoms. The maximum Gasteiger partial charge on any atom is -0.00571 e. The number of hydrogen-bond acceptors (Lipinski definition) is 0. The fourth-order valence-electron chi connectivity index (χ4n) is 6.01. The van der Waals surface area contributed by atoms with Gasteiger partial charge in [0.05, 0.1) is 0 Å². The van der Waals surface area contributed by atoms with Crippen molar-refractivity contribution in [3.8, 4) is 0 Å². The highest BCUT2D eigenvalue weighted by Crippen LogP contribution is 2.62. The van der Waals surface area contributed by atoms with E-state index in [2.05, 4.69) is 162 Å². The van der Waals surface area contributed by atoms with Crippen LogP contribution in [0.2, 0.25) is 0 Å². The lowest BCUT2D eigenvalue weighted by molar-refractivity contribution is 0.702. The van der Waals surface area contributed by atoms with Gasteiger partial charge in [0, 0.05) is 0 Å². The molecule has 0 radical (unpaired) electrons. The van der Waals surface area contributed by atoms with Gasteiger partial charge < -0.3 is 0 Å². The van der Waals surface area contributed by atoms with Gasteiger partial charge in [0.1, 0.15) is 0 Å². The van der Waals surface area contributed by atoms with E-state index in [1.54, 1.807) is 21.7 Å². The molecule has 39 heavy (non-hydrogen) atoms. The summed E-state index contributed by atoms with van der Waals surface area (Å²) >= 11 is 0. The molecular weight excluding hydrogens is 525 g/mol. The summed E-state index contributed by atoms with van der Waals surface area (Å²) in [7, 11) is -1.14. The molecule has 0 atom stereocenters. The Morgan fingerprint density at radius 2 is 0.718 bits per heavy atom. The molecule has 3 aromatic rings. The zero-order valence-electron chi connectivity index (χ0n) is 26.8. The monoisotopic (exact) mass is 578 g/mol. The minimum absolute atomic E-state index is 0.237. The lowest BCUT2D eigenvalue weighted by Crippen LogP contribution is -2.30. The molecule has 3 aromatic carbocycles. The Bertz CT molecular complexity index is 1100. The lowest BCUT2D eigenvalue weighted by Gasteiger charge is -2.43. The van der Waals surface area contributed by atoms with Crippen molar-refractivity contribution in [1.29, 1.82) is 0 Å². The van der Waals surface area contributed by atoms with Crippen molar-refractivity contribution in [1.82, 2.24) is 0 Å². The molecule has 0 saturated carbocycles. The summed E-state index contributed by atoms with van der Waals surface area (Å²) in [5.41, 5.74) is 3.10. The van der Waals surface area contributed by atoms with Crippen molar-refractivity contribution in [3.05, 3.63) is 90.0 Å². The molecular formula is C36H53P3. The van der Waals surface area contributed by atoms with Crippen molar-refractivity contribution in [2.24, 2.45) is 0 Å². The first-order valence-corrected chi connectivity index (χ1v) is 18.9. The normalized spacial score (nSPS) is 13.5. The topological polar surface area (TPSA) is 0 Å². The molecule has 212 valence electrons. The zero-order chi connectivity index (χ0) is 29.2. The predicted molar refractivity (Wildman–Crippen MR) is 185 cm³/mol. The fraction of sp³-hybridized carbons (Fsp3) is 0.500. The van der Waals surface area contributed by atoms with Crippen LogP contribution in [0.25, 0.3) is 0 Å². The van der Waals surface area contributed by atoms with Crippen molar-refractivity contribution < 1.29 is 0 Å². The molecule has 0 aromatic heterocycles. The SMILES string of the molecule is CC(C)(C)P(Cc1ccccc1P(c1ccccc1)c1ccccc1CP(C(C)(C)C)C(C)(C)C)C(C)(C)C. The molecule has 0 heterocycles. The van der Waals surface area contributed by atoms with E-state index in [0.29, 0.717) is 20.6 Å². The van der Waals surface area contributed by atoms with Crippen LogP contribution in [0.15, 0.2) is 78.9 Å². The molecule has 0 amide bonds. The Labute approximate surface area is 245 Å². The van der Waals surface area contributed by atoms with Gasteiger partial charge in [-0.2, -0.15) is 0 Å². The van der Waals surface area contributed by atoms with Crippen LogP contribution >= 0.6 is 23.8 Å². The maximum atomic E-state index is 2.45. The smallest absolute Gasteiger partial charge is 0.00571 e. The third-order valence-electron chi connectivity index (χ3n) is 7.38. The summed E-state index contributed by atoms with van der Waals surface area (Å²) in [6.07, 6.45) is 2.34. The van der Waals surface area contributed by atoms with Gasteiger partial charge in [-0.25, -0.2) is 0 Å². The predicted octanol–water partition coefficient (Wildman–Crippen LogP) is 10.6. The third kappa shape index (κ3) is 8.48. The second-order valence-electron chi connectivity index (χ2n) is 14.8. The summed E-state index contributed by atoms with van der Waals surface area (Å²) < 4.78 is 0. The van der Waals surface area contributed by atoms with Crippen molar-refractivity contribution in [2.45, 2.75) is 116 Å². The lowest BCUT2D eigenvalue weighted by atomic mass is 10.2. The van der Waals surface area contributed by atoms with E-state index in [1.165, 1.54) is 17.6 Å². The first-order chi connectivity index (χ1) is 17.9. The van der Waals surface area contributed by atoms with Gasteiger partial charge in [-0.15, -0.1) is 0 Å². The Kier molecular flexibility index (Phi) is 10.4. The molecule has 0 aliphatic heterocycles. The Morgan fingerprint density at radius 3 is 1.05 bits per heavy atom. The standard InChI is InChI=1S/C36H53P3/c1-33(2,3)37(34(4,5)6)26-28-20-16-18-24-31(28)39(30-22-14-13-15-23-30)32-25-19-17-21-29(32)27-38(35(7,8)9)36(10,11)12/h13-25H,26-27H2,1-12H3. The van der Waals surface area contributed by atoms with E-state index >= 15 is 0 Å². The minimum Gasteiger partial charge on any atom is -0.0911 e. The van der Waals surface area contributed by atoms with Crippen LogP contribution in [0.4, 0.5) is 0 Å². The quantitative estimate of drug-likeness (QED) is 0.245. The summed E-state index contributed by atoms with van der Waals surface area (Å²) in [5.74, 6) is 0. The van der Waals surface area contributed by atoms with Gasteiger partial charge in [-0.3, -0.25) is 0 Å². The number of hydrogen-bond donors (Lipinski definition) is 0. The highest BCUT2D eigenvalue weighted by molar-refractivity contribution is 7.80. The molecule has 3 heteroatoms. The van der Waals surface area contributed by atoms with E-state index < -0.39 is 7.92 Å². The summed E-state index contributed by atoms with van der Waals surface area (Å²) in [4.78, 5) is 0. The summed E-state index contributed by atoms with van der Waals surface area (Å²) in [5, 5.41) is 5.73. The Balaban J connectivity index is 2.23. The molecule has 3 rings (SSSR count). The Hall–Kier alpha value is -1.05. The van der Waals surface area contributed by atoms with E-state index in [4.69, 9.17) is 0 Å². The van der Waals surface area contributed by atoms with Crippen molar-refractivity contribution in [2.75, 3.05) is 0 Å². The largest absolute Gasteiger partial charge is 0.0911 e. The van der Waals surface area contributed by atoms with E-state index in [9.17, 15) is 0 Å². The molecule has 0 spiro atoms. The average Bonchev–Trinajstić information content (AvgIpc) is 2.80. The number of benzene rings is 3. The fourth-order valence-corrected chi connectivity index (χ4v) is 16.1. The van der Waals surface area contributed by atoms with Crippen LogP contribution in [0, 0.1) is 0 Å². The van der Waals surface area contributed by atoms with Crippen LogP contribution < -0.4 is 15.9 Å². The van der Waals surface area contributed by atoms with Gasteiger partial charge in [-0.05, 0) is 67.9 Å². The molecule has 0 aliphatic rings. The van der Waals surface area contributed by atoms with Gasteiger partial charge >= 0.3 is 0 Å². The second-order valence-corrected chi connectivity index (χ2v) is 24.6. The maximum absolute atomic E-state index is 2.45. The molecule has 0 unspecified atom stereocenters. The van der Waals surface area contributed by atoms with E-state index in [1.807, 2.05) is 0 Å². The van der Waals surface area contributed by atoms with E-state index in [-0.39, 0.29) is 15.8 Å².